The lowest BCUT2D eigenvalue weighted by Gasteiger charge is -2.43. The number of nitrogens with one attached hydrogen (secondary N) is 3. The highest BCUT2D eigenvalue weighted by Crippen LogP contribution is 2.44. The lowest BCUT2D eigenvalue weighted by Crippen LogP contribution is -2.65. The molecular weight excluding hydrogens is 1320 g/mol. The molecule has 0 aromatic rings. The molecule has 7 rings (SSSR count). The van der Waals surface area contributed by atoms with Gasteiger partial charge in [-0.1, -0.05) is 98.3 Å². The van der Waals surface area contributed by atoms with Gasteiger partial charge in [0, 0.05) is 74.3 Å². The number of nitrogens with zero attached hydrogens (tertiary/aromatic N) is 9. The zero-order valence-electron chi connectivity index (χ0n) is 61.4. The number of carbonyl (C=O) groups excluding carboxylic acids is 12. The molecule has 3 saturated heterocycles. The van der Waals surface area contributed by atoms with E-state index in [1.165, 1.54) is 73.8 Å². The van der Waals surface area contributed by atoms with Gasteiger partial charge in [-0.05, 0) is 126 Å². The molecule has 28 heteroatoms. The third-order valence-corrected chi connectivity index (χ3v) is 23.7. The summed E-state index contributed by atoms with van der Waals surface area (Å²) in [6.45, 7) is 6.58. The van der Waals surface area contributed by atoms with Gasteiger partial charge in [0.15, 0.2) is 0 Å². The average Bonchev–Trinajstić information content (AvgIpc) is 1.45. The molecule has 3 unspecified atom stereocenters. The second kappa shape index (κ2) is 36.2. The van der Waals surface area contributed by atoms with Gasteiger partial charge in [-0.2, -0.15) is 13.2 Å². The number of fused-ring (bicyclic) bond motifs is 1. The largest absolute Gasteiger partial charge is 0.393 e. The fourth-order valence-electron chi connectivity index (χ4n) is 16.6. The highest BCUT2D eigenvalue weighted by Gasteiger charge is 2.52. The maximum absolute atomic E-state index is 15.8. The summed E-state index contributed by atoms with van der Waals surface area (Å²) >= 11 is 6.41. The molecule has 0 aromatic heterocycles. The number of hydrogen-bond donors (Lipinski definition) is 3. The summed E-state index contributed by atoms with van der Waals surface area (Å²) in [6, 6.07) is -8.50. The molecule has 4 saturated carbocycles. The van der Waals surface area contributed by atoms with Gasteiger partial charge in [-0.15, -0.1) is 11.6 Å². The van der Waals surface area contributed by atoms with Crippen molar-refractivity contribution in [3.05, 3.63) is 0 Å². The Morgan fingerprint density at radius 1 is 0.580 bits per heavy atom. The van der Waals surface area contributed by atoms with E-state index in [0.29, 0.717) is 64.5 Å². The summed E-state index contributed by atoms with van der Waals surface area (Å²) in [5, 5.41) is 7.64. The summed E-state index contributed by atoms with van der Waals surface area (Å²) in [4.78, 5) is 191. The SMILES string of the molecule is CC[C@H](C)[C@@H]1NC(=O)[C@H](CC(C)C)N(C)C(=O)C[C@@H](C(=O)N2CCCC2)N(C)C(=O)[C@H](C2CCCCC2)N(C)C(=O)C2(CCCC2)NC(=O)[C@@H]2CCCN2C(=O)[C@H](CCC2CCC(C(F)(F)F)C(Cl)C2)NC(=O)CN(C)C(=O)[C@H](CC2CCCCC2)N(C)C(=O)CN(C)C(=O)CN(C)C1=O. The Kier molecular flexibility index (Phi) is 29.4. The van der Waals surface area contributed by atoms with Gasteiger partial charge in [0.2, 0.25) is 70.9 Å². The van der Waals surface area contributed by atoms with Crippen LogP contribution in [0.15, 0.2) is 0 Å². The summed E-state index contributed by atoms with van der Waals surface area (Å²) in [7, 11) is 10.1. The standard InChI is InChI=1S/C72H116ClF3N12O12/c1-12-46(4)61-68(98)82(7)43-59(91)80(5)44-60(92)84(9)55(40-47-24-15-13-16-25-47)66(96)81(6)42-57(89)77-52(32-30-48-29-31-50(51(73)39-48)72(74,75)76)65(95)88-37-23-28-53(88)64(94)79-71(33-19-20-34-71)70(100)86(11)62(49-26-17-14-18-27-49)69(99)85(10)56(67(97)87-35-21-22-36-87)41-58(90)83(8)54(38-45(2)3)63(93)78-61/h45-56,61-62H,12-44H2,1-11H3,(H,77,89)(H,78,93)(H,79,94)/t46-,48?,50?,51?,52-,53-,54-,55-,56-,61-,62-/m0/s1. The van der Waals surface area contributed by atoms with E-state index in [2.05, 4.69) is 16.0 Å². The number of carbonyl (C=O) groups is 12. The van der Waals surface area contributed by atoms with Crippen molar-refractivity contribution in [1.29, 1.82) is 0 Å². The van der Waals surface area contributed by atoms with Gasteiger partial charge in [-0.3, -0.25) is 57.5 Å². The van der Waals surface area contributed by atoms with Crippen LogP contribution in [0.2, 0.25) is 0 Å². The summed E-state index contributed by atoms with van der Waals surface area (Å²) < 4.78 is 42.0. The molecule has 7 fully saturated rings. The van der Waals surface area contributed by atoms with Crippen molar-refractivity contribution in [3.8, 4) is 0 Å². The van der Waals surface area contributed by atoms with Crippen LogP contribution in [0.4, 0.5) is 13.2 Å². The normalized spacial score (nSPS) is 30.0. The van der Waals surface area contributed by atoms with Crippen LogP contribution in [0.1, 0.15) is 201 Å². The molecule has 0 bridgehead atoms. The molecule has 3 heterocycles. The van der Waals surface area contributed by atoms with Crippen molar-refractivity contribution >= 4 is 82.5 Å². The minimum absolute atomic E-state index is 0.00311. The Balaban J connectivity index is 1.27. The average molecular weight is 1430 g/mol. The Morgan fingerprint density at radius 2 is 1.18 bits per heavy atom. The zero-order chi connectivity index (χ0) is 73.7. The first-order valence-corrected chi connectivity index (χ1v) is 37.6. The van der Waals surface area contributed by atoms with Crippen LogP contribution in [0.25, 0.3) is 0 Å². The molecule has 1 spiro atoms. The smallest absolute Gasteiger partial charge is 0.343 e. The van der Waals surface area contributed by atoms with Crippen molar-refractivity contribution in [3.63, 3.8) is 0 Å². The van der Waals surface area contributed by atoms with Crippen LogP contribution in [-0.4, -0.2) is 263 Å². The van der Waals surface area contributed by atoms with Crippen LogP contribution < -0.4 is 16.0 Å². The van der Waals surface area contributed by atoms with Crippen molar-refractivity contribution in [2.24, 2.45) is 35.5 Å². The summed E-state index contributed by atoms with van der Waals surface area (Å²) in [5.74, 6) is -10.5. The molecule has 3 aliphatic heterocycles. The van der Waals surface area contributed by atoms with E-state index >= 15 is 24.0 Å². The first-order valence-electron chi connectivity index (χ1n) is 37.2. The zero-order valence-corrected chi connectivity index (χ0v) is 62.1. The quantitative estimate of drug-likeness (QED) is 0.198. The Hall–Kier alpha value is -6.28. The maximum atomic E-state index is 15.8. The lowest BCUT2D eigenvalue weighted by molar-refractivity contribution is -0.182. The molecule has 0 radical (unpaired) electrons. The summed E-state index contributed by atoms with van der Waals surface area (Å²) in [5.41, 5.74) is -1.55. The highest BCUT2D eigenvalue weighted by atomic mass is 35.5. The van der Waals surface area contributed by atoms with Crippen LogP contribution >= 0.6 is 11.6 Å². The van der Waals surface area contributed by atoms with Gasteiger partial charge >= 0.3 is 6.18 Å². The molecule has 0 aromatic carbocycles. The van der Waals surface area contributed by atoms with Crippen LogP contribution in [0.5, 0.6) is 0 Å². The molecule has 4 aliphatic carbocycles. The van der Waals surface area contributed by atoms with Crippen LogP contribution in [0, 0.1) is 35.5 Å². The van der Waals surface area contributed by atoms with E-state index in [1.807, 2.05) is 20.8 Å². The third-order valence-electron chi connectivity index (χ3n) is 23.2. The van der Waals surface area contributed by atoms with E-state index < -0.39 is 168 Å². The molecule has 12 amide bonds. The summed E-state index contributed by atoms with van der Waals surface area (Å²) in [6.07, 6.45) is 7.11. The van der Waals surface area contributed by atoms with Gasteiger partial charge in [0.05, 0.1) is 32.0 Å². The van der Waals surface area contributed by atoms with Gasteiger partial charge in [0.25, 0.3) is 0 Å². The molecule has 3 N–H and O–H groups in total. The second-order valence-electron chi connectivity index (χ2n) is 30.9. The maximum Gasteiger partial charge on any atom is 0.393 e. The lowest BCUT2D eigenvalue weighted by atomic mass is 9.78. The second-order valence-corrected chi connectivity index (χ2v) is 31.5. The minimum Gasteiger partial charge on any atom is -0.343 e. The molecule has 7 aliphatic rings. The predicted molar refractivity (Wildman–Crippen MR) is 370 cm³/mol. The number of hydrogen-bond acceptors (Lipinski definition) is 12. The van der Waals surface area contributed by atoms with Crippen LogP contribution in [0.3, 0.4) is 0 Å². The van der Waals surface area contributed by atoms with Crippen molar-refractivity contribution < 1.29 is 70.7 Å². The molecular formula is C72H116ClF3N12O12. The Bertz CT molecular complexity index is 2900. The monoisotopic (exact) mass is 1430 g/mol. The van der Waals surface area contributed by atoms with E-state index in [4.69, 9.17) is 11.6 Å². The molecule has 564 valence electrons. The van der Waals surface area contributed by atoms with E-state index in [-0.39, 0.29) is 94.4 Å². The van der Waals surface area contributed by atoms with E-state index in [0.717, 1.165) is 66.1 Å². The van der Waals surface area contributed by atoms with E-state index in [9.17, 15) is 46.7 Å². The van der Waals surface area contributed by atoms with Crippen molar-refractivity contribution in [2.45, 2.75) is 260 Å². The molecule has 100 heavy (non-hydrogen) atoms. The minimum atomic E-state index is -4.51. The first kappa shape index (κ1) is 81.0. The van der Waals surface area contributed by atoms with Crippen molar-refractivity contribution in [2.75, 3.05) is 88.6 Å². The third kappa shape index (κ3) is 20.3. The van der Waals surface area contributed by atoms with Gasteiger partial charge < -0.3 is 60.0 Å². The number of halogens is 4. The fraction of sp³-hybridized carbons (Fsp3) is 0.833. The number of amides is 12. The Morgan fingerprint density at radius 3 is 1.78 bits per heavy atom. The Labute approximate surface area is 595 Å². The fourth-order valence-corrected chi connectivity index (χ4v) is 17.2. The van der Waals surface area contributed by atoms with E-state index in [1.54, 1.807) is 11.8 Å². The molecule has 11 atom stereocenters. The van der Waals surface area contributed by atoms with Crippen LogP contribution in [-0.2, 0) is 57.5 Å². The topological polar surface area (TPSA) is 270 Å². The molecule has 24 nitrogen and oxygen atoms in total. The number of likely N-dealkylation sites (N-methyl/N-ethyl adjacent to an activating group) is 7. The van der Waals surface area contributed by atoms with Gasteiger partial charge in [0.1, 0.15) is 47.8 Å². The van der Waals surface area contributed by atoms with Crippen molar-refractivity contribution in [1.82, 2.24) is 60.0 Å². The van der Waals surface area contributed by atoms with Gasteiger partial charge in [-0.25, -0.2) is 0 Å². The number of alkyl halides is 4. The first-order chi connectivity index (χ1) is 47.2. The predicted octanol–water partition coefficient (Wildman–Crippen LogP) is 6.09. The highest BCUT2D eigenvalue weighted by molar-refractivity contribution is 6.21. The number of likely N-dealkylation sites (tertiary alicyclic amines) is 1. The number of rotatable bonds is 11.